The van der Waals surface area contributed by atoms with Gasteiger partial charge < -0.3 is 20.3 Å². The summed E-state index contributed by atoms with van der Waals surface area (Å²) < 4.78 is 5.90. The molecule has 6 nitrogen and oxygen atoms in total. The van der Waals surface area contributed by atoms with Gasteiger partial charge in [-0.15, -0.1) is 0 Å². The minimum absolute atomic E-state index is 0.0305. The number of hydrogen-bond acceptors (Lipinski definition) is 5. The molecule has 0 aliphatic heterocycles. The van der Waals surface area contributed by atoms with E-state index in [0.29, 0.717) is 19.3 Å². The first-order valence-corrected chi connectivity index (χ1v) is 26.2. The van der Waals surface area contributed by atoms with Gasteiger partial charge in [-0.25, -0.2) is 0 Å². The third-order valence-electron chi connectivity index (χ3n) is 11.5. The Kier molecular flexibility index (Phi) is 47.2. The molecular formula is C56H99NO5. The van der Waals surface area contributed by atoms with Gasteiger partial charge >= 0.3 is 5.97 Å². The molecule has 358 valence electrons. The zero-order valence-corrected chi connectivity index (χ0v) is 40.7. The molecule has 1 amide bonds. The van der Waals surface area contributed by atoms with Crippen molar-refractivity contribution in [1.29, 1.82) is 0 Å². The van der Waals surface area contributed by atoms with Gasteiger partial charge in [0.1, 0.15) is 6.10 Å². The Morgan fingerprint density at radius 2 is 0.887 bits per heavy atom. The first kappa shape index (κ1) is 59.3. The van der Waals surface area contributed by atoms with Crippen LogP contribution in [0.5, 0.6) is 0 Å². The highest BCUT2D eigenvalue weighted by atomic mass is 16.5. The van der Waals surface area contributed by atoms with Crippen molar-refractivity contribution in [1.82, 2.24) is 5.32 Å². The largest absolute Gasteiger partial charge is 0.462 e. The fourth-order valence-electron chi connectivity index (χ4n) is 7.57. The Bertz CT molecular complexity index is 1150. The van der Waals surface area contributed by atoms with E-state index in [1.54, 1.807) is 0 Å². The maximum absolute atomic E-state index is 13.2. The summed E-state index contributed by atoms with van der Waals surface area (Å²) in [5, 5.41) is 23.7. The molecule has 0 aliphatic carbocycles. The van der Waals surface area contributed by atoms with Gasteiger partial charge in [0.05, 0.1) is 25.2 Å². The Labute approximate surface area is 383 Å². The van der Waals surface area contributed by atoms with Crippen LogP contribution in [0.3, 0.4) is 0 Å². The number of nitrogens with one attached hydrogen (secondary N) is 1. The van der Waals surface area contributed by atoms with Crippen molar-refractivity contribution in [3.8, 4) is 0 Å². The quantitative estimate of drug-likeness (QED) is 0.0322. The average molecular weight is 866 g/mol. The Morgan fingerprint density at radius 1 is 0.484 bits per heavy atom. The number of hydrogen-bond donors (Lipinski definition) is 3. The van der Waals surface area contributed by atoms with Crippen molar-refractivity contribution in [2.24, 2.45) is 0 Å². The lowest BCUT2D eigenvalue weighted by Gasteiger charge is -2.24. The van der Waals surface area contributed by atoms with Gasteiger partial charge in [0.25, 0.3) is 0 Å². The molecule has 0 heterocycles. The monoisotopic (exact) mass is 866 g/mol. The molecule has 0 aliphatic rings. The third-order valence-corrected chi connectivity index (χ3v) is 11.5. The zero-order chi connectivity index (χ0) is 45.2. The van der Waals surface area contributed by atoms with Gasteiger partial charge in [0.15, 0.2) is 0 Å². The molecule has 0 aromatic rings. The van der Waals surface area contributed by atoms with Gasteiger partial charge in [-0.3, -0.25) is 9.59 Å². The van der Waals surface area contributed by atoms with Crippen LogP contribution in [0.2, 0.25) is 0 Å². The Balaban J connectivity index is 4.73. The molecule has 0 bridgehead atoms. The second-order valence-corrected chi connectivity index (χ2v) is 17.5. The van der Waals surface area contributed by atoms with Crippen LogP contribution in [-0.2, 0) is 14.3 Å². The third kappa shape index (κ3) is 43.9. The molecule has 0 aromatic heterocycles. The molecule has 0 aromatic carbocycles. The lowest BCUT2D eigenvalue weighted by molar-refractivity contribution is -0.151. The molecular weight excluding hydrogens is 767 g/mol. The molecule has 3 atom stereocenters. The van der Waals surface area contributed by atoms with Crippen molar-refractivity contribution < 1.29 is 24.5 Å². The highest BCUT2D eigenvalue weighted by Crippen LogP contribution is 2.17. The summed E-state index contributed by atoms with van der Waals surface area (Å²) in [7, 11) is 0. The van der Waals surface area contributed by atoms with Crippen molar-refractivity contribution >= 4 is 11.9 Å². The predicted octanol–water partition coefficient (Wildman–Crippen LogP) is 15.8. The number of allylic oxidation sites excluding steroid dienone is 12. The van der Waals surface area contributed by atoms with Crippen molar-refractivity contribution in [2.45, 2.75) is 264 Å². The number of ether oxygens (including phenoxy) is 1. The summed E-state index contributed by atoms with van der Waals surface area (Å²) in [5.41, 5.74) is 0. The maximum atomic E-state index is 13.2. The molecule has 0 fully saturated rings. The second-order valence-electron chi connectivity index (χ2n) is 17.5. The van der Waals surface area contributed by atoms with Gasteiger partial charge in [-0.1, -0.05) is 216 Å². The van der Waals surface area contributed by atoms with Crippen LogP contribution >= 0.6 is 0 Å². The fourth-order valence-corrected chi connectivity index (χ4v) is 7.57. The van der Waals surface area contributed by atoms with Gasteiger partial charge in [0, 0.05) is 6.42 Å². The highest BCUT2D eigenvalue weighted by molar-refractivity contribution is 5.77. The smallest absolute Gasteiger partial charge is 0.306 e. The number of unbranched alkanes of at least 4 members (excludes halogenated alkanes) is 22. The number of amides is 1. The van der Waals surface area contributed by atoms with Crippen molar-refractivity contribution in [3.63, 3.8) is 0 Å². The number of aliphatic hydroxyl groups is 2. The van der Waals surface area contributed by atoms with E-state index in [1.165, 1.54) is 103 Å². The number of carbonyl (C=O) groups excluding carboxylic acids is 2. The van der Waals surface area contributed by atoms with Crippen LogP contribution in [0, 0.1) is 0 Å². The highest BCUT2D eigenvalue weighted by Gasteiger charge is 2.24. The molecule has 0 saturated heterocycles. The molecule has 0 spiro atoms. The van der Waals surface area contributed by atoms with Gasteiger partial charge in [0.2, 0.25) is 5.91 Å². The number of esters is 1. The van der Waals surface area contributed by atoms with E-state index in [-0.39, 0.29) is 24.9 Å². The summed E-state index contributed by atoms with van der Waals surface area (Å²) >= 11 is 0. The van der Waals surface area contributed by atoms with Crippen molar-refractivity contribution in [2.75, 3.05) is 6.61 Å². The summed E-state index contributed by atoms with van der Waals surface area (Å²) in [6, 6.07) is -0.725. The molecule has 6 heteroatoms. The van der Waals surface area contributed by atoms with Crippen LogP contribution in [0.4, 0.5) is 0 Å². The number of aliphatic hydroxyl groups excluding tert-OH is 2. The van der Waals surface area contributed by atoms with Crippen LogP contribution in [0.25, 0.3) is 0 Å². The summed E-state index contributed by atoms with van der Waals surface area (Å²) in [5.74, 6) is -0.549. The van der Waals surface area contributed by atoms with E-state index in [4.69, 9.17) is 4.74 Å². The van der Waals surface area contributed by atoms with Crippen LogP contribution in [0.15, 0.2) is 72.9 Å². The number of rotatable bonds is 46. The lowest BCUT2D eigenvalue weighted by Crippen LogP contribution is -2.46. The average Bonchev–Trinajstić information content (AvgIpc) is 3.26. The summed E-state index contributed by atoms with van der Waals surface area (Å²) in [4.78, 5) is 26.1. The zero-order valence-electron chi connectivity index (χ0n) is 40.7. The predicted molar refractivity (Wildman–Crippen MR) is 268 cm³/mol. The molecule has 62 heavy (non-hydrogen) atoms. The SMILES string of the molecule is CC/C=C\C/C=C\C/C=C\C/C=C\C/C=C\CCCC(CC(=O)NC(CO)C(O)CCCCCCCCCCCCCC)OC(=O)CCCCC/C=C\CCCCCCCCC. The van der Waals surface area contributed by atoms with E-state index >= 15 is 0 Å². The van der Waals surface area contributed by atoms with E-state index in [1.807, 2.05) is 0 Å². The van der Waals surface area contributed by atoms with E-state index < -0.39 is 18.2 Å². The maximum Gasteiger partial charge on any atom is 0.306 e. The fraction of sp³-hybridized carbons (Fsp3) is 0.750. The molecule has 0 radical (unpaired) electrons. The van der Waals surface area contributed by atoms with Crippen LogP contribution in [0.1, 0.15) is 245 Å². The molecule has 3 N–H and O–H groups in total. The Hall–Kier alpha value is -2.70. The summed E-state index contributed by atoms with van der Waals surface area (Å²) in [6.07, 6.45) is 62.5. The second kappa shape index (κ2) is 49.3. The molecule has 0 rings (SSSR count). The van der Waals surface area contributed by atoms with E-state index in [2.05, 4.69) is 99.0 Å². The summed E-state index contributed by atoms with van der Waals surface area (Å²) in [6.45, 7) is 6.34. The molecule has 3 unspecified atom stereocenters. The Morgan fingerprint density at radius 3 is 1.37 bits per heavy atom. The number of carbonyl (C=O) groups is 2. The van der Waals surface area contributed by atoms with Crippen molar-refractivity contribution in [3.05, 3.63) is 72.9 Å². The topological polar surface area (TPSA) is 95.9 Å². The van der Waals surface area contributed by atoms with E-state index in [9.17, 15) is 19.8 Å². The normalized spacial score (nSPS) is 13.8. The van der Waals surface area contributed by atoms with Gasteiger partial charge in [-0.2, -0.15) is 0 Å². The first-order chi connectivity index (χ1) is 30.5. The van der Waals surface area contributed by atoms with Crippen LogP contribution in [-0.4, -0.2) is 46.9 Å². The van der Waals surface area contributed by atoms with E-state index in [0.717, 1.165) is 96.3 Å². The molecule has 0 saturated carbocycles. The van der Waals surface area contributed by atoms with Gasteiger partial charge in [-0.05, 0) is 89.9 Å². The lowest BCUT2D eigenvalue weighted by atomic mass is 10.0. The first-order valence-electron chi connectivity index (χ1n) is 26.2. The minimum Gasteiger partial charge on any atom is -0.462 e. The minimum atomic E-state index is -0.807. The van der Waals surface area contributed by atoms with Crippen LogP contribution < -0.4 is 5.32 Å². The standard InChI is InChI=1S/C56H99NO5/c1-4-7-10-13-16-19-22-25-27-28-29-30-32-35-38-41-44-47-52(62-56(61)49-46-43-40-37-34-31-26-23-20-17-14-11-8-5-2)50-55(60)57-53(51-58)54(59)48-45-42-39-36-33-24-21-18-15-12-9-6-3/h7,10,16,19,25,27,29-31,34-35,38,52-54,58-59H,4-6,8-9,11-15,17-18,20-24,26,28,32-33,36-37,39-51H2,1-3H3,(H,57,60)/b10-7-,19-16-,27-25-,30-29-,34-31-,38-35-.